The predicted octanol–water partition coefficient (Wildman–Crippen LogP) is 3.28. The van der Waals surface area contributed by atoms with Gasteiger partial charge in [0, 0.05) is 23.8 Å². The molecule has 6 nitrogen and oxygen atoms in total. The molecule has 1 unspecified atom stereocenters. The number of alkyl halides is 2. The monoisotopic (exact) mass is 378 g/mol. The van der Waals surface area contributed by atoms with Gasteiger partial charge in [0.25, 0.3) is 0 Å². The van der Waals surface area contributed by atoms with Crippen molar-refractivity contribution in [2.45, 2.75) is 13.0 Å². The lowest BCUT2D eigenvalue weighted by Crippen LogP contribution is -2.38. The maximum absolute atomic E-state index is 11.5. The first-order valence-electron chi connectivity index (χ1n) is 6.19. The van der Waals surface area contributed by atoms with Crippen LogP contribution in [0.3, 0.4) is 0 Å². The molecule has 0 aromatic heterocycles. The molecule has 0 bridgehead atoms. The largest absolute Gasteiger partial charge is 0.465 e. The highest BCUT2D eigenvalue weighted by atomic mass is 79.9. The van der Waals surface area contributed by atoms with E-state index in [4.69, 9.17) is 16.3 Å². The van der Waals surface area contributed by atoms with E-state index in [2.05, 4.69) is 21.2 Å². The zero-order valence-corrected chi connectivity index (χ0v) is 13.7. The van der Waals surface area contributed by atoms with Crippen LogP contribution in [0.1, 0.15) is 6.92 Å². The maximum atomic E-state index is 11.5. The van der Waals surface area contributed by atoms with Crippen LogP contribution in [0.15, 0.2) is 24.3 Å². The van der Waals surface area contributed by atoms with Gasteiger partial charge in [-0.25, -0.2) is 9.59 Å². The summed E-state index contributed by atoms with van der Waals surface area (Å²) >= 11 is 8.90. The fourth-order valence-electron chi connectivity index (χ4n) is 1.61. The van der Waals surface area contributed by atoms with Crippen LogP contribution in [0, 0.1) is 0 Å². The summed E-state index contributed by atoms with van der Waals surface area (Å²) in [4.78, 5) is 23.9. The van der Waals surface area contributed by atoms with E-state index in [9.17, 15) is 14.7 Å². The minimum absolute atomic E-state index is 0.156. The van der Waals surface area contributed by atoms with Gasteiger partial charge in [-0.15, -0.1) is 11.6 Å². The predicted molar refractivity (Wildman–Crippen MR) is 84.9 cm³/mol. The van der Waals surface area contributed by atoms with E-state index >= 15 is 0 Å². The smallest absolute Gasteiger partial charge is 0.412 e. The minimum Gasteiger partial charge on any atom is -0.465 e. The summed E-state index contributed by atoms with van der Waals surface area (Å²) in [7, 11) is 0. The van der Waals surface area contributed by atoms with Crippen LogP contribution in [-0.4, -0.2) is 41.1 Å². The molecule has 1 atom stereocenters. The third-order valence-electron chi connectivity index (χ3n) is 2.54. The quantitative estimate of drug-likeness (QED) is 0.744. The Kier molecular flexibility index (Phi) is 7.31. The van der Waals surface area contributed by atoms with Gasteiger partial charge < -0.3 is 15.2 Å². The molecule has 1 aromatic carbocycles. The van der Waals surface area contributed by atoms with E-state index in [-0.39, 0.29) is 11.6 Å². The molecule has 0 radical (unpaired) electrons. The number of ether oxygens (including phenoxy) is 1. The van der Waals surface area contributed by atoms with Crippen LogP contribution in [0.2, 0.25) is 0 Å². The van der Waals surface area contributed by atoms with Crippen molar-refractivity contribution in [3.05, 3.63) is 24.3 Å². The average molecular weight is 380 g/mol. The Morgan fingerprint density at radius 2 is 2.24 bits per heavy atom. The number of hydrogen-bond acceptors (Lipinski definition) is 3. The first-order valence-corrected chi connectivity index (χ1v) is 7.85. The van der Waals surface area contributed by atoms with Crippen molar-refractivity contribution in [3.63, 3.8) is 0 Å². The lowest BCUT2D eigenvalue weighted by molar-refractivity contribution is 0.200. The average Bonchev–Trinajstić information content (AvgIpc) is 2.45. The van der Waals surface area contributed by atoms with E-state index in [0.717, 1.165) is 4.90 Å². The van der Waals surface area contributed by atoms with Crippen molar-refractivity contribution in [2.24, 2.45) is 0 Å². The van der Waals surface area contributed by atoms with Crippen molar-refractivity contribution < 1.29 is 19.4 Å². The number of anilines is 1. The third kappa shape index (κ3) is 5.43. The first-order chi connectivity index (χ1) is 9.99. The number of hydrogen-bond donors (Lipinski definition) is 2. The molecule has 0 aliphatic heterocycles. The molecule has 0 spiro atoms. The molecule has 0 aliphatic rings. The first kappa shape index (κ1) is 17.6. The Morgan fingerprint density at radius 1 is 1.52 bits per heavy atom. The van der Waals surface area contributed by atoms with E-state index in [1.54, 1.807) is 25.1 Å². The molecule has 116 valence electrons. The van der Waals surface area contributed by atoms with Crippen LogP contribution < -0.4 is 15.0 Å². The molecule has 1 rings (SSSR count). The summed E-state index contributed by atoms with van der Waals surface area (Å²) in [6.07, 6.45) is -1.72. The standard InChI is InChI=1S/C13H16BrClN2O4/c1-9(8-15)17(13(19)20)10-3-2-4-11(7-10)21-12(18)16-6-5-14/h2-4,7,9H,5-6,8H2,1H3,(H,16,18)(H,19,20). The fraction of sp³-hybridized carbons (Fsp3) is 0.385. The highest BCUT2D eigenvalue weighted by Crippen LogP contribution is 2.23. The number of carboxylic acid groups (broad SMARTS) is 1. The number of nitrogens with zero attached hydrogens (tertiary/aromatic N) is 1. The highest BCUT2D eigenvalue weighted by Gasteiger charge is 2.21. The van der Waals surface area contributed by atoms with Gasteiger partial charge in [-0.1, -0.05) is 22.0 Å². The van der Waals surface area contributed by atoms with Crippen LogP contribution in [-0.2, 0) is 0 Å². The molecule has 0 fully saturated rings. The Balaban J connectivity index is 2.88. The van der Waals surface area contributed by atoms with E-state index < -0.39 is 18.2 Å². The summed E-state index contributed by atoms with van der Waals surface area (Å²) in [6.45, 7) is 2.13. The van der Waals surface area contributed by atoms with Gasteiger partial charge in [-0.3, -0.25) is 4.90 Å². The topological polar surface area (TPSA) is 78.9 Å². The molecule has 0 aliphatic carbocycles. The summed E-state index contributed by atoms with van der Waals surface area (Å²) in [5.41, 5.74) is 0.390. The van der Waals surface area contributed by atoms with Crippen LogP contribution >= 0.6 is 27.5 Å². The molecule has 0 saturated carbocycles. The van der Waals surface area contributed by atoms with Gasteiger partial charge >= 0.3 is 12.2 Å². The normalized spacial score (nSPS) is 11.6. The number of rotatable bonds is 6. The highest BCUT2D eigenvalue weighted by molar-refractivity contribution is 9.09. The van der Waals surface area contributed by atoms with Crippen molar-refractivity contribution in [1.29, 1.82) is 0 Å². The van der Waals surface area contributed by atoms with Crippen molar-refractivity contribution in [1.82, 2.24) is 5.32 Å². The lowest BCUT2D eigenvalue weighted by atomic mass is 10.2. The summed E-state index contributed by atoms with van der Waals surface area (Å²) in [5, 5.41) is 12.4. The van der Waals surface area contributed by atoms with Gasteiger partial charge in [0.1, 0.15) is 5.75 Å². The minimum atomic E-state index is -1.12. The lowest BCUT2D eigenvalue weighted by Gasteiger charge is -2.25. The van der Waals surface area contributed by atoms with Crippen molar-refractivity contribution in [3.8, 4) is 5.75 Å². The number of carbonyl (C=O) groups is 2. The molecular weight excluding hydrogens is 364 g/mol. The molecular formula is C13H16BrClN2O4. The second-order valence-corrected chi connectivity index (χ2v) is 5.26. The number of halogens is 2. The van der Waals surface area contributed by atoms with E-state index in [1.165, 1.54) is 6.07 Å². The Bertz CT molecular complexity index is 501. The Morgan fingerprint density at radius 3 is 2.81 bits per heavy atom. The maximum Gasteiger partial charge on any atom is 0.412 e. The van der Waals surface area contributed by atoms with Gasteiger partial charge in [-0.05, 0) is 19.1 Å². The molecule has 1 aromatic rings. The third-order valence-corrected chi connectivity index (χ3v) is 3.38. The fourth-order valence-corrected chi connectivity index (χ4v) is 1.95. The number of amides is 2. The summed E-state index contributed by atoms with van der Waals surface area (Å²) in [6, 6.07) is 5.87. The van der Waals surface area contributed by atoms with Crippen LogP contribution in [0.5, 0.6) is 5.75 Å². The second kappa shape index (κ2) is 8.74. The zero-order valence-electron chi connectivity index (χ0n) is 11.4. The van der Waals surface area contributed by atoms with E-state index in [1.807, 2.05) is 0 Å². The second-order valence-electron chi connectivity index (χ2n) is 4.16. The zero-order chi connectivity index (χ0) is 15.8. The Hall–Kier alpha value is -1.47. The van der Waals surface area contributed by atoms with Crippen molar-refractivity contribution in [2.75, 3.05) is 22.7 Å². The molecule has 0 heterocycles. The number of benzene rings is 1. The molecule has 21 heavy (non-hydrogen) atoms. The number of nitrogens with one attached hydrogen (secondary N) is 1. The Labute approximate surface area is 136 Å². The summed E-state index contributed by atoms with van der Waals surface area (Å²) < 4.78 is 5.08. The van der Waals surface area contributed by atoms with Crippen molar-refractivity contribution >= 4 is 45.4 Å². The van der Waals surface area contributed by atoms with Gasteiger partial charge in [0.2, 0.25) is 0 Å². The molecule has 2 N–H and O–H groups in total. The SMILES string of the molecule is CC(CCl)N(C(=O)O)c1cccc(OC(=O)NCCBr)c1. The van der Waals surface area contributed by atoms with Gasteiger partial charge in [-0.2, -0.15) is 0 Å². The molecule has 8 heteroatoms. The van der Waals surface area contributed by atoms with Crippen LogP contribution in [0.4, 0.5) is 15.3 Å². The van der Waals surface area contributed by atoms with Crippen LogP contribution in [0.25, 0.3) is 0 Å². The van der Waals surface area contributed by atoms with Gasteiger partial charge in [0.05, 0.1) is 11.7 Å². The molecule has 0 saturated heterocycles. The number of carbonyl (C=O) groups excluding carboxylic acids is 1. The van der Waals surface area contributed by atoms with Gasteiger partial charge in [0.15, 0.2) is 0 Å². The van der Waals surface area contributed by atoms with E-state index in [0.29, 0.717) is 17.6 Å². The molecule has 2 amide bonds. The summed E-state index contributed by atoms with van der Waals surface area (Å²) in [5.74, 6) is 0.413.